The second-order valence-corrected chi connectivity index (χ2v) is 6.00. The Morgan fingerprint density at radius 1 is 1.29 bits per heavy atom. The maximum atomic E-state index is 13.4. The molecular formula is C16H13BrFNO2. The van der Waals surface area contributed by atoms with Crippen LogP contribution in [0.15, 0.2) is 46.9 Å². The minimum absolute atomic E-state index is 0.221. The molecule has 2 aromatic carbocycles. The number of fused-ring (bicyclic) bond motifs is 1. The highest BCUT2D eigenvalue weighted by atomic mass is 79.9. The Labute approximate surface area is 129 Å². The van der Waals surface area contributed by atoms with Crippen molar-refractivity contribution in [1.29, 1.82) is 0 Å². The lowest BCUT2D eigenvalue weighted by Gasteiger charge is -2.18. The van der Waals surface area contributed by atoms with Crippen LogP contribution in [-0.2, 0) is 6.42 Å². The van der Waals surface area contributed by atoms with Gasteiger partial charge in [0.1, 0.15) is 5.82 Å². The van der Waals surface area contributed by atoms with Gasteiger partial charge in [0.05, 0.1) is 12.1 Å². The van der Waals surface area contributed by atoms with Crippen LogP contribution < -0.4 is 5.32 Å². The van der Waals surface area contributed by atoms with E-state index in [0.717, 1.165) is 11.1 Å². The lowest BCUT2D eigenvalue weighted by molar-refractivity contribution is 0.0857. The highest BCUT2D eigenvalue weighted by Gasteiger charge is 2.32. The summed E-state index contributed by atoms with van der Waals surface area (Å²) in [6, 6.07) is 11.1. The van der Waals surface area contributed by atoms with Crippen molar-refractivity contribution >= 4 is 21.8 Å². The van der Waals surface area contributed by atoms with Gasteiger partial charge in [0.2, 0.25) is 0 Å². The molecule has 0 aromatic heterocycles. The zero-order valence-corrected chi connectivity index (χ0v) is 12.6. The lowest BCUT2D eigenvalue weighted by Crippen LogP contribution is -2.33. The standard InChI is InChI=1S/C16H13BrFNO2/c17-11-5-10(6-12(18)8-11)16(21)19-15-13-4-2-1-3-9(13)7-14(15)20/h1-6,8,14-15,20H,7H2,(H,19,21). The summed E-state index contributed by atoms with van der Waals surface area (Å²) in [6.45, 7) is 0. The van der Waals surface area contributed by atoms with Gasteiger partial charge in [0.25, 0.3) is 5.91 Å². The third-order valence-corrected chi connectivity index (χ3v) is 4.07. The molecule has 0 fully saturated rings. The number of aliphatic hydroxyl groups excluding tert-OH is 1. The van der Waals surface area contributed by atoms with Crippen LogP contribution in [0.5, 0.6) is 0 Å². The van der Waals surface area contributed by atoms with Gasteiger partial charge < -0.3 is 10.4 Å². The number of amides is 1. The molecule has 0 heterocycles. The van der Waals surface area contributed by atoms with Gasteiger partial charge in [-0.3, -0.25) is 4.79 Å². The van der Waals surface area contributed by atoms with Crippen molar-refractivity contribution in [2.75, 3.05) is 0 Å². The minimum Gasteiger partial charge on any atom is -0.390 e. The van der Waals surface area contributed by atoms with Crippen molar-refractivity contribution in [2.45, 2.75) is 18.6 Å². The van der Waals surface area contributed by atoms with E-state index in [9.17, 15) is 14.3 Å². The normalized spacial score (nSPS) is 20.1. The zero-order chi connectivity index (χ0) is 15.0. The van der Waals surface area contributed by atoms with E-state index in [1.54, 1.807) is 6.07 Å². The molecule has 21 heavy (non-hydrogen) atoms. The molecule has 2 N–H and O–H groups in total. The summed E-state index contributed by atoms with van der Waals surface area (Å²) >= 11 is 3.16. The third-order valence-electron chi connectivity index (χ3n) is 3.62. The van der Waals surface area contributed by atoms with Crippen LogP contribution in [0.4, 0.5) is 4.39 Å². The summed E-state index contributed by atoms with van der Waals surface area (Å²) in [5.41, 5.74) is 2.16. The molecule has 3 nitrogen and oxygen atoms in total. The molecule has 0 aliphatic heterocycles. The first-order valence-corrected chi connectivity index (χ1v) is 7.37. The molecular weight excluding hydrogens is 337 g/mol. The van der Waals surface area contributed by atoms with Crippen molar-refractivity contribution in [3.8, 4) is 0 Å². The zero-order valence-electron chi connectivity index (χ0n) is 11.0. The minimum atomic E-state index is -0.664. The molecule has 0 spiro atoms. The number of hydrogen-bond donors (Lipinski definition) is 2. The van der Waals surface area contributed by atoms with Crippen molar-refractivity contribution in [3.63, 3.8) is 0 Å². The maximum Gasteiger partial charge on any atom is 0.251 e. The number of nitrogens with one attached hydrogen (secondary N) is 1. The van der Waals surface area contributed by atoms with Gasteiger partial charge in [-0.05, 0) is 29.3 Å². The molecule has 2 aromatic rings. The van der Waals surface area contributed by atoms with Crippen molar-refractivity contribution in [2.24, 2.45) is 0 Å². The fraction of sp³-hybridized carbons (Fsp3) is 0.188. The van der Waals surface area contributed by atoms with E-state index in [1.807, 2.05) is 24.3 Å². The Kier molecular flexibility index (Phi) is 3.78. The van der Waals surface area contributed by atoms with E-state index in [0.29, 0.717) is 10.9 Å². The first kappa shape index (κ1) is 14.2. The van der Waals surface area contributed by atoms with E-state index in [1.165, 1.54) is 12.1 Å². The number of carbonyl (C=O) groups is 1. The molecule has 2 unspecified atom stereocenters. The summed E-state index contributed by atoms with van der Waals surface area (Å²) in [6.07, 6.45) is -0.156. The van der Waals surface area contributed by atoms with Crippen LogP contribution in [0, 0.1) is 5.82 Å². The van der Waals surface area contributed by atoms with Gasteiger partial charge in [0, 0.05) is 16.5 Å². The second kappa shape index (κ2) is 5.58. The number of aliphatic hydroxyl groups is 1. The number of carbonyl (C=O) groups excluding carboxylic acids is 1. The van der Waals surface area contributed by atoms with Gasteiger partial charge in [-0.1, -0.05) is 40.2 Å². The highest BCUT2D eigenvalue weighted by molar-refractivity contribution is 9.10. The monoisotopic (exact) mass is 349 g/mol. The Bertz CT molecular complexity index is 684. The maximum absolute atomic E-state index is 13.4. The Morgan fingerprint density at radius 2 is 2.05 bits per heavy atom. The number of benzene rings is 2. The van der Waals surface area contributed by atoms with Crippen LogP contribution in [0.1, 0.15) is 27.5 Å². The van der Waals surface area contributed by atoms with Crippen LogP contribution >= 0.6 is 15.9 Å². The smallest absolute Gasteiger partial charge is 0.251 e. The van der Waals surface area contributed by atoms with Crippen molar-refractivity contribution < 1.29 is 14.3 Å². The molecule has 1 aliphatic rings. The predicted molar refractivity (Wildman–Crippen MR) is 80.5 cm³/mol. The molecule has 3 rings (SSSR count). The molecule has 1 aliphatic carbocycles. The molecule has 0 saturated carbocycles. The van der Waals surface area contributed by atoms with Crippen LogP contribution in [-0.4, -0.2) is 17.1 Å². The molecule has 1 amide bonds. The Balaban J connectivity index is 1.85. The molecule has 5 heteroatoms. The summed E-state index contributed by atoms with van der Waals surface area (Å²) in [5, 5.41) is 12.9. The molecule has 108 valence electrons. The quantitative estimate of drug-likeness (QED) is 0.875. The molecule has 0 radical (unpaired) electrons. The van der Waals surface area contributed by atoms with Gasteiger partial charge in [0.15, 0.2) is 0 Å². The summed E-state index contributed by atoms with van der Waals surface area (Å²) < 4.78 is 13.9. The lowest BCUT2D eigenvalue weighted by atomic mass is 10.1. The molecule has 2 atom stereocenters. The predicted octanol–water partition coefficient (Wildman–Crippen LogP) is 2.98. The number of halogens is 2. The average molecular weight is 350 g/mol. The fourth-order valence-corrected chi connectivity index (χ4v) is 3.12. The van der Waals surface area contributed by atoms with E-state index in [2.05, 4.69) is 21.2 Å². The van der Waals surface area contributed by atoms with Crippen molar-refractivity contribution in [3.05, 3.63) is 69.4 Å². The molecule has 0 saturated heterocycles. The van der Waals surface area contributed by atoms with Crippen LogP contribution in [0.25, 0.3) is 0 Å². The number of hydrogen-bond acceptors (Lipinski definition) is 2. The Hall–Kier alpha value is -1.72. The fourth-order valence-electron chi connectivity index (χ4n) is 2.66. The summed E-state index contributed by atoms with van der Waals surface area (Å²) in [4.78, 5) is 12.3. The van der Waals surface area contributed by atoms with Gasteiger partial charge in [-0.15, -0.1) is 0 Å². The second-order valence-electron chi connectivity index (χ2n) is 5.08. The van der Waals surface area contributed by atoms with Gasteiger partial charge in [-0.25, -0.2) is 4.39 Å². The Morgan fingerprint density at radius 3 is 2.81 bits per heavy atom. The average Bonchev–Trinajstić information content (AvgIpc) is 2.74. The summed E-state index contributed by atoms with van der Waals surface area (Å²) in [7, 11) is 0. The number of rotatable bonds is 2. The van der Waals surface area contributed by atoms with Gasteiger partial charge in [-0.2, -0.15) is 0 Å². The summed E-state index contributed by atoms with van der Waals surface area (Å²) in [5.74, 6) is -0.891. The highest BCUT2D eigenvalue weighted by Crippen LogP contribution is 2.31. The van der Waals surface area contributed by atoms with E-state index in [4.69, 9.17) is 0 Å². The van der Waals surface area contributed by atoms with Crippen molar-refractivity contribution in [1.82, 2.24) is 5.32 Å². The topological polar surface area (TPSA) is 49.3 Å². The van der Waals surface area contributed by atoms with Crippen LogP contribution in [0.2, 0.25) is 0 Å². The van der Waals surface area contributed by atoms with E-state index in [-0.39, 0.29) is 5.56 Å². The SMILES string of the molecule is O=C(NC1c2ccccc2CC1O)c1cc(F)cc(Br)c1. The first-order valence-electron chi connectivity index (χ1n) is 6.57. The van der Waals surface area contributed by atoms with Crippen LogP contribution in [0.3, 0.4) is 0 Å². The largest absolute Gasteiger partial charge is 0.390 e. The van der Waals surface area contributed by atoms with E-state index >= 15 is 0 Å². The first-order chi connectivity index (χ1) is 10.0. The third kappa shape index (κ3) is 2.84. The van der Waals surface area contributed by atoms with Gasteiger partial charge >= 0.3 is 0 Å². The van der Waals surface area contributed by atoms with E-state index < -0.39 is 23.9 Å². The molecule has 0 bridgehead atoms.